The highest BCUT2D eigenvalue weighted by Gasteiger charge is 2.28. The number of thiophene rings is 1. The van der Waals surface area contributed by atoms with Crippen molar-refractivity contribution in [2.45, 2.75) is 30.5 Å². The van der Waals surface area contributed by atoms with Gasteiger partial charge in [-0.05, 0) is 17.7 Å². The highest BCUT2D eigenvalue weighted by molar-refractivity contribution is 7.98. The lowest BCUT2D eigenvalue weighted by Crippen LogP contribution is -3.14. The average Bonchev–Trinajstić information content (AvgIpc) is 3.23. The molecule has 1 aliphatic heterocycles. The molecule has 130 valence electrons. The zero-order chi connectivity index (χ0) is 16.9. The Labute approximate surface area is 150 Å². The molecule has 2 aromatic rings. The first-order chi connectivity index (χ1) is 11.7. The number of hydrogen-bond acceptors (Lipinski definition) is 5. The number of nitrogens with zero attached hydrogens (tertiary/aromatic N) is 3. The molecule has 1 fully saturated rings. The van der Waals surface area contributed by atoms with E-state index in [9.17, 15) is 4.79 Å². The van der Waals surface area contributed by atoms with Crippen LogP contribution in [0, 0.1) is 0 Å². The van der Waals surface area contributed by atoms with Gasteiger partial charge in [-0.3, -0.25) is 4.79 Å². The van der Waals surface area contributed by atoms with E-state index < -0.39 is 0 Å². The van der Waals surface area contributed by atoms with Gasteiger partial charge >= 0.3 is 0 Å². The summed E-state index contributed by atoms with van der Waals surface area (Å²) in [4.78, 5) is 14.7. The first kappa shape index (κ1) is 17.4. The molecule has 3 heterocycles. The second-order valence-corrected chi connectivity index (χ2v) is 7.97. The second-order valence-electron chi connectivity index (χ2n) is 6.16. The van der Waals surface area contributed by atoms with Crippen LogP contribution in [0.25, 0.3) is 0 Å². The number of aromatic nitrogens is 3. The Kier molecular flexibility index (Phi) is 5.91. The summed E-state index contributed by atoms with van der Waals surface area (Å²) in [5, 5.41) is 14.6. The van der Waals surface area contributed by atoms with Crippen LogP contribution in [0.1, 0.15) is 29.5 Å². The van der Waals surface area contributed by atoms with Crippen molar-refractivity contribution in [3.63, 3.8) is 0 Å². The summed E-state index contributed by atoms with van der Waals surface area (Å²) in [5.41, 5.74) is 0. The molecule has 2 aromatic heterocycles. The number of quaternary nitrogens is 1. The summed E-state index contributed by atoms with van der Waals surface area (Å²) in [6, 6.07) is 4.06. The van der Waals surface area contributed by atoms with Crippen molar-refractivity contribution in [2.75, 3.05) is 25.9 Å². The van der Waals surface area contributed by atoms with Crippen LogP contribution in [0.3, 0.4) is 0 Å². The number of rotatable bonds is 6. The van der Waals surface area contributed by atoms with Crippen molar-refractivity contribution < 1.29 is 9.69 Å². The topological polar surface area (TPSA) is 64.2 Å². The molecule has 0 aliphatic carbocycles. The summed E-state index contributed by atoms with van der Waals surface area (Å²) >= 11 is 3.30. The van der Waals surface area contributed by atoms with Crippen molar-refractivity contribution in [2.24, 2.45) is 7.05 Å². The quantitative estimate of drug-likeness (QED) is 0.738. The van der Waals surface area contributed by atoms with Crippen molar-refractivity contribution in [3.8, 4) is 0 Å². The molecule has 1 amide bonds. The Morgan fingerprint density at radius 2 is 2.25 bits per heavy atom. The summed E-state index contributed by atoms with van der Waals surface area (Å²) < 4.78 is 2.11. The van der Waals surface area contributed by atoms with E-state index in [0.29, 0.717) is 19.0 Å². The van der Waals surface area contributed by atoms with Gasteiger partial charge in [-0.25, -0.2) is 0 Å². The van der Waals surface area contributed by atoms with Gasteiger partial charge in [0.25, 0.3) is 5.91 Å². The smallest absolute Gasteiger partial charge is 0.275 e. The van der Waals surface area contributed by atoms with Gasteiger partial charge in [0.2, 0.25) is 0 Å². The first-order valence-corrected chi connectivity index (χ1v) is 10.3. The lowest BCUT2D eigenvalue weighted by Gasteiger charge is -2.28. The average molecular weight is 367 g/mol. The van der Waals surface area contributed by atoms with Crippen molar-refractivity contribution >= 4 is 29.0 Å². The number of carbonyl (C=O) groups excluding carboxylic acids is 1. The maximum Gasteiger partial charge on any atom is 0.275 e. The van der Waals surface area contributed by atoms with E-state index in [0.717, 1.165) is 36.9 Å². The molecule has 0 spiro atoms. The van der Waals surface area contributed by atoms with Gasteiger partial charge in [-0.15, -0.1) is 21.5 Å². The van der Waals surface area contributed by atoms with Crippen molar-refractivity contribution in [1.82, 2.24) is 20.1 Å². The molecule has 24 heavy (non-hydrogen) atoms. The van der Waals surface area contributed by atoms with Crippen LogP contribution in [0.4, 0.5) is 0 Å². The number of piperidine rings is 1. The predicted molar refractivity (Wildman–Crippen MR) is 96.5 cm³/mol. The number of nitrogens with one attached hydrogen (secondary N) is 2. The SMILES string of the molecule is CSc1nnc(C2CC[NH+](CC(=O)NCc3cccs3)CC2)n1C. The summed E-state index contributed by atoms with van der Waals surface area (Å²) in [5.74, 6) is 1.68. The molecule has 1 aliphatic rings. The fourth-order valence-corrected chi connectivity index (χ4v) is 4.34. The Bertz CT molecular complexity index is 662. The van der Waals surface area contributed by atoms with E-state index in [2.05, 4.69) is 20.1 Å². The molecular weight excluding hydrogens is 342 g/mol. The monoisotopic (exact) mass is 366 g/mol. The Morgan fingerprint density at radius 3 is 2.88 bits per heavy atom. The minimum absolute atomic E-state index is 0.139. The number of carbonyl (C=O) groups is 1. The molecule has 0 aromatic carbocycles. The molecular formula is C16H24N5OS2+. The highest BCUT2D eigenvalue weighted by Crippen LogP contribution is 2.24. The van der Waals surface area contributed by atoms with Gasteiger partial charge in [0.1, 0.15) is 5.82 Å². The molecule has 1 saturated heterocycles. The number of thioether (sulfide) groups is 1. The Hall–Kier alpha value is -1.38. The fraction of sp³-hybridized carbons (Fsp3) is 0.562. The van der Waals surface area contributed by atoms with Gasteiger partial charge in [0, 0.05) is 30.7 Å². The van der Waals surface area contributed by atoms with Crippen molar-refractivity contribution in [3.05, 3.63) is 28.2 Å². The summed E-state index contributed by atoms with van der Waals surface area (Å²) in [7, 11) is 2.04. The molecule has 2 N–H and O–H groups in total. The van der Waals surface area contributed by atoms with Crippen LogP contribution < -0.4 is 10.2 Å². The minimum atomic E-state index is 0.139. The van der Waals surface area contributed by atoms with E-state index in [4.69, 9.17) is 0 Å². The highest BCUT2D eigenvalue weighted by atomic mass is 32.2. The Morgan fingerprint density at radius 1 is 1.46 bits per heavy atom. The Balaban J connectivity index is 1.44. The molecule has 8 heteroatoms. The third-order valence-corrected chi connectivity index (χ3v) is 6.16. The third kappa shape index (κ3) is 4.17. The maximum absolute atomic E-state index is 12.1. The van der Waals surface area contributed by atoms with Gasteiger partial charge in [0.05, 0.1) is 19.6 Å². The van der Waals surface area contributed by atoms with Crippen LogP contribution in [0.15, 0.2) is 22.7 Å². The van der Waals surface area contributed by atoms with Gasteiger partial charge in [-0.1, -0.05) is 17.8 Å². The van der Waals surface area contributed by atoms with E-state index in [1.165, 1.54) is 9.78 Å². The first-order valence-electron chi connectivity index (χ1n) is 8.23. The standard InChI is InChI=1S/C16H23N5OS2/c1-20-15(18-19-16(20)23-2)12-5-7-21(8-6-12)11-14(22)17-10-13-4-3-9-24-13/h3-4,9,12H,5-8,10-11H2,1-2H3,(H,17,22)/p+1. The van der Waals surface area contributed by atoms with Gasteiger partial charge in [0.15, 0.2) is 11.7 Å². The van der Waals surface area contributed by atoms with Crippen LogP contribution >= 0.6 is 23.1 Å². The lowest BCUT2D eigenvalue weighted by atomic mass is 9.96. The fourth-order valence-electron chi connectivity index (χ4n) is 3.21. The zero-order valence-electron chi connectivity index (χ0n) is 14.1. The van der Waals surface area contributed by atoms with Crippen LogP contribution in [-0.2, 0) is 18.4 Å². The molecule has 3 rings (SSSR count). The van der Waals surface area contributed by atoms with E-state index in [1.54, 1.807) is 23.1 Å². The minimum Gasteiger partial charge on any atom is -0.346 e. The zero-order valence-corrected chi connectivity index (χ0v) is 15.8. The number of hydrogen-bond donors (Lipinski definition) is 2. The van der Waals surface area contributed by atoms with E-state index in [-0.39, 0.29) is 5.91 Å². The summed E-state index contributed by atoms with van der Waals surface area (Å²) in [6.07, 6.45) is 4.15. The summed E-state index contributed by atoms with van der Waals surface area (Å²) in [6.45, 7) is 3.23. The van der Waals surface area contributed by atoms with Crippen LogP contribution in [-0.4, -0.2) is 46.6 Å². The third-order valence-electron chi connectivity index (χ3n) is 4.56. The van der Waals surface area contributed by atoms with Crippen LogP contribution in [0.5, 0.6) is 0 Å². The van der Waals surface area contributed by atoms with Crippen molar-refractivity contribution in [1.29, 1.82) is 0 Å². The lowest BCUT2D eigenvalue weighted by molar-refractivity contribution is -0.897. The van der Waals surface area contributed by atoms with Gasteiger partial charge < -0.3 is 14.8 Å². The molecule has 0 saturated carbocycles. The number of amides is 1. The van der Waals surface area contributed by atoms with Crippen LogP contribution in [0.2, 0.25) is 0 Å². The number of likely N-dealkylation sites (tertiary alicyclic amines) is 1. The largest absolute Gasteiger partial charge is 0.346 e. The second kappa shape index (κ2) is 8.13. The molecule has 6 nitrogen and oxygen atoms in total. The van der Waals surface area contributed by atoms with E-state index >= 15 is 0 Å². The molecule has 0 unspecified atom stereocenters. The molecule has 0 atom stereocenters. The predicted octanol–water partition coefficient (Wildman–Crippen LogP) is 0.677. The normalized spacial score (nSPS) is 20.9. The maximum atomic E-state index is 12.1. The van der Waals surface area contributed by atoms with Gasteiger partial charge in [-0.2, -0.15) is 0 Å². The molecule has 0 radical (unpaired) electrons. The van der Waals surface area contributed by atoms with E-state index in [1.807, 2.05) is 30.8 Å². The molecule has 0 bridgehead atoms.